The average Bonchev–Trinajstić information content (AvgIpc) is 3.74. The van der Waals surface area contributed by atoms with Gasteiger partial charge < -0.3 is 35.8 Å². The molecule has 0 amide bonds. The fourth-order valence-electron chi connectivity index (χ4n) is 12.8. The second kappa shape index (κ2) is 15.9. The van der Waals surface area contributed by atoms with Crippen molar-refractivity contribution in [2.24, 2.45) is 32.4 Å². The number of nitrogens with two attached hydrogens (primary N) is 1. The summed E-state index contributed by atoms with van der Waals surface area (Å²) < 4.78 is 8.52. The van der Waals surface area contributed by atoms with Crippen LogP contribution in [0.25, 0.3) is 15.8 Å². The Morgan fingerprint density at radius 3 is 2.51 bits per heavy atom. The average molecular weight is 822 g/mol. The number of aromatic nitrogens is 3. The first-order valence-corrected chi connectivity index (χ1v) is 22.2. The lowest BCUT2D eigenvalue weighted by molar-refractivity contribution is -0.198. The SMILES string of the molecule is COCCCN(C)CCCC12CC3(C)CC(C)(C1)CC(Cn1ncc(C4=CC=C(N5CCC/C(=C(C)/C(N)=N\c6nc7ccccc7s6)C5=N)NC4=C(O)O)c1C)(C3)C2. The summed E-state index contributed by atoms with van der Waals surface area (Å²) in [4.78, 5) is 13.6. The molecule has 4 heterocycles. The van der Waals surface area contributed by atoms with Crippen LogP contribution in [0.1, 0.15) is 103 Å². The van der Waals surface area contributed by atoms with Crippen molar-refractivity contribution < 1.29 is 14.9 Å². The summed E-state index contributed by atoms with van der Waals surface area (Å²) in [5.74, 6) is 0.429. The molecular weight excluding hydrogens is 759 g/mol. The topological polar surface area (TPSA) is 161 Å². The monoisotopic (exact) mass is 821 g/mol. The highest BCUT2D eigenvalue weighted by molar-refractivity contribution is 7.22. The summed E-state index contributed by atoms with van der Waals surface area (Å²) in [5.41, 5.74) is 12.9. The number of allylic oxidation sites excluding steroid dienone is 3. The zero-order chi connectivity index (χ0) is 41.7. The minimum atomic E-state index is -0.801. The van der Waals surface area contributed by atoms with Gasteiger partial charge in [0, 0.05) is 55.8 Å². The number of aliphatic hydroxyl groups is 2. The van der Waals surface area contributed by atoms with Crippen molar-refractivity contribution >= 4 is 43.9 Å². The molecule has 13 heteroatoms. The van der Waals surface area contributed by atoms with Crippen LogP contribution in [-0.4, -0.2) is 86.8 Å². The van der Waals surface area contributed by atoms with Crippen molar-refractivity contribution in [1.29, 1.82) is 5.41 Å². The molecule has 4 aliphatic carbocycles. The molecule has 4 saturated carbocycles. The molecule has 0 spiro atoms. The van der Waals surface area contributed by atoms with E-state index in [0.717, 1.165) is 71.7 Å². The molecule has 0 radical (unpaired) electrons. The number of rotatable bonds is 14. The molecule has 9 rings (SSSR count). The number of nitrogens with zero attached hydrogens (tertiary/aromatic N) is 6. The first kappa shape index (κ1) is 41.3. The van der Waals surface area contributed by atoms with Crippen LogP contribution in [0.2, 0.25) is 0 Å². The number of amidine groups is 2. The molecule has 6 N–H and O–H groups in total. The van der Waals surface area contributed by atoms with Gasteiger partial charge in [0.2, 0.25) is 5.13 Å². The van der Waals surface area contributed by atoms with Crippen LogP contribution in [0.4, 0.5) is 5.13 Å². The van der Waals surface area contributed by atoms with Crippen molar-refractivity contribution in [3.05, 3.63) is 82.5 Å². The number of likely N-dealkylation sites (tertiary alicyclic amines) is 1. The first-order valence-electron chi connectivity index (χ1n) is 21.4. The Morgan fingerprint density at radius 1 is 1.05 bits per heavy atom. The van der Waals surface area contributed by atoms with Crippen LogP contribution < -0.4 is 11.1 Å². The predicted molar refractivity (Wildman–Crippen MR) is 238 cm³/mol. The molecule has 2 unspecified atom stereocenters. The number of dihydropyridines is 1. The van der Waals surface area contributed by atoms with Crippen molar-refractivity contribution in [3.63, 3.8) is 0 Å². The predicted octanol–water partition coefficient (Wildman–Crippen LogP) is 9.11. The third-order valence-corrected chi connectivity index (χ3v) is 14.9. The van der Waals surface area contributed by atoms with E-state index in [1.165, 1.54) is 62.7 Å². The molecule has 3 aromatic rings. The van der Waals surface area contributed by atoms with Crippen molar-refractivity contribution in [1.82, 2.24) is 29.9 Å². The number of ether oxygens (including phenoxy) is 1. The van der Waals surface area contributed by atoms with Gasteiger partial charge in [0.05, 0.1) is 16.4 Å². The molecule has 6 aliphatic rings. The molecule has 5 fully saturated rings. The number of piperidine rings is 1. The van der Waals surface area contributed by atoms with E-state index in [-0.39, 0.29) is 11.1 Å². The Kier molecular flexibility index (Phi) is 11.1. The third kappa shape index (κ3) is 8.22. The summed E-state index contributed by atoms with van der Waals surface area (Å²) >= 11 is 1.48. The Hall–Kier alpha value is -4.46. The number of benzene rings is 1. The van der Waals surface area contributed by atoms with Gasteiger partial charge in [0.15, 0.2) is 0 Å². The number of nitrogens with one attached hydrogen (secondary N) is 2. The standard InChI is InChI=1S/C46H63N9O3S/c1-30(39(47)52-42-50-35-13-7-8-14-36(35)59-42)32-12-9-20-54(40(32)48)37-16-15-33(38(51-37)41(56)57)34-22-49-55(31(34)2)29-46-26-43(3)23-44(4,27-46)25-45(24-43,28-46)17-10-18-53(5)19-11-21-58-6/h7-8,13-16,22,48,51,56-57H,9-12,17-21,23-29H2,1-6H3,(H2,47,50,52)/b32-30-,48-40?. The molecule has 4 bridgehead atoms. The third-order valence-electron chi connectivity index (χ3n) is 14.0. The van der Waals surface area contributed by atoms with Gasteiger partial charge in [0.1, 0.15) is 23.2 Å². The Morgan fingerprint density at radius 2 is 1.78 bits per heavy atom. The number of methoxy groups -OCH3 is 1. The quantitative estimate of drug-likeness (QED) is 0.0463. The number of thiazole rings is 1. The molecular formula is C46H63N9O3S. The summed E-state index contributed by atoms with van der Waals surface area (Å²) in [6, 6.07) is 7.90. The van der Waals surface area contributed by atoms with Gasteiger partial charge in [-0.05, 0) is 150 Å². The van der Waals surface area contributed by atoms with E-state index >= 15 is 0 Å². The zero-order valence-corrected chi connectivity index (χ0v) is 36.6. The molecule has 2 aromatic heterocycles. The van der Waals surface area contributed by atoms with Crippen molar-refractivity contribution in [2.75, 3.05) is 40.4 Å². The van der Waals surface area contributed by atoms with E-state index in [9.17, 15) is 15.6 Å². The molecule has 2 atom stereocenters. The van der Waals surface area contributed by atoms with E-state index in [1.807, 2.05) is 54.4 Å². The number of aliphatic hydroxyl groups excluding tert-OH is 1. The van der Waals surface area contributed by atoms with E-state index in [4.69, 9.17) is 15.6 Å². The molecule has 1 aromatic carbocycles. The Bertz CT molecular complexity index is 2220. The highest BCUT2D eigenvalue weighted by Gasteiger charge is 2.65. The van der Waals surface area contributed by atoms with E-state index in [0.29, 0.717) is 57.4 Å². The van der Waals surface area contributed by atoms with Gasteiger partial charge in [-0.1, -0.05) is 37.3 Å². The van der Waals surface area contributed by atoms with Gasteiger partial charge in [-0.2, -0.15) is 5.10 Å². The number of aliphatic imine (C=N–C) groups is 1. The number of hydrogen-bond donors (Lipinski definition) is 5. The molecule has 59 heavy (non-hydrogen) atoms. The van der Waals surface area contributed by atoms with Gasteiger partial charge in [-0.25, -0.2) is 9.98 Å². The normalized spacial score (nSPS) is 29.0. The summed E-state index contributed by atoms with van der Waals surface area (Å²) in [5, 5.41) is 39.5. The van der Waals surface area contributed by atoms with Gasteiger partial charge in [-0.3, -0.25) is 10.1 Å². The highest BCUT2D eigenvalue weighted by Crippen LogP contribution is 2.75. The highest BCUT2D eigenvalue weighted by atomic mass is 32.1. The van der Waals surface area contributed by atoms with Crippen LogP contribution >= 0.6 is 11.3 Å². The number of fused-ring (bicyclic) bond motifs is 1. The van der Waals surface area contributed by atoms with E-state index in [1.54, 1.807) is 7.11 Å². The summed E-state index contributed by atoms with van der Waals surface area (Å²) in [6.45, 7) is 13.6. The molecule has 2 aliphatic heterocycles. The smallest absolute Gasteiger partial charge is 0.299 e. The molecule has 316 valence electrons. The lowest BCUT2D eigenvalue weighted by Gasteiger charge is -2.70. The van der Waals surface area contributed by atoms with Crippen molar-refractivity contribution in [3.8, 4) is 0 Å². The van der Waals surface area contributed by atoms with E-state index in [2.05, 4.69) is 52.7 Å². The lowest BCUT2D eigenvalue weighted by Crippen LogP contribution is -2.60. The Balaban J connectivity index is 1.01. The first-order chi connectivity index (χ1) is 28.1. The fraction of sp³-hybridized carbons (Fsp3) is 0.565. The summed E-state index contributed by atoms with van der Waals surface area (Å²) in [7, 11) is 4.03. The maximum atomic E-state index is 10.7. The second-order valence-corrected chi connectivity index (χ2v) is 20.4. The summed E-state index contributed by atoms with van der Waals surface area (Å²) in [6.07, 6.45) is 18.5. The van der Waals surface area contributed by atoms with Gasteiger partial charge >= 0.3 is 0 Å². The minimum Gasteiger partial charge on any atom is -0.480 e. The van der Waals surface area contributed by atoms with Crippen molar-refractivity contribution in [2.45, 2.75) is 105 Å². The van der Waals surface area contributed by atoms with Crippen LogP contribution in [0, 0.1) is 34.0 Å². The lowest BCUT2D eigenvalue weighted by atomic mass is 9.35. The molecule has 1 saturated heterocycles. The fourth-order valence-corrected chi connectivity index (χ4v) is 13.7. The maximum absolute atomic E-state index is 10.7. The number of hydrogen-bond acceptors (Lipinski definition) is 10. The van der Waals surface area contributed by atoms with Gasteiger partial charge in [-0.15, -0.1) is 0 Å². The van der Waals surface area contributed by atoms with Crippen LogP contribution in [0.3, 0.4) is 0 Å². The molecule has 12 nitrogen and oxygen atoms in total. The van der Waals surface area contributed by atoms with Gasteiger partial charge in [0.25, 0.3) is 5.95 Å². The second-order valence-electron chi connectivity index (χ2n) is 19.4. The largest absolute Gasteiger partial charge is 0.480 e. The van der Waals surface area contributed by atoms with Crippen LogP contribution in [0.15, 0.2) is 76.2 Å². The minimum absolute atomic E-state index is 0.182. The van der Waals surface area contributed by atoms with Crippen LogP contribution in [0.5, 0.6) is 0 Å². The van der Waals surface area contributed by atoms with Crippen LogP contribution in [-0.2, 0) is 11.3 Å². The zero-order valence-electron chi connectivity index (χ0n) is 35.8. The maximum Gasteiger partial charge on any atom is 0.299 e. The Labute approximate surface area is 353 Å². The van der Waals surface area contributed by atoms with E-state index < -0.39 is 5.95 Å². The number of para-hydroxylation sites is 1.